The predicted octanol–water partition coefficient (Wildman–Crippen LogP) is 2.82. The van der Waals surface area contributed by atoms with Crippen molar-refractivity contribution in [3.05, 3.63) is 86.3 Å². The number of aromatic nitrogens is 5. The molecule has 0 aliphatic carbocycles. The van der Waals surface area contributed by atoms with Crippen molar-refractivity contribution in [1.82, 2.24) is 23.1 Å². The topological polar surface area (TPSA) is 84.7 Å². The third-order valence-corrected chi connectivity index (χ3v) is 6.08. The van der Waals surface area contributed by atoms with Crippen LogP contribution in [0.15, 0.2) is 58.3 Å². The average Bonchev–Trinajstić information content (AvgIpc) is 3.34. The highest BCUT2D eigenvalue weighted by Crippen LogP contribution is 2.31. The SMILES string of the molecule is COc1ccc(-n2c(C)cn3c4c(=O)n(Cc5cccc(C)c5)c(=O)n(C)c4nc23)c(OC)c1. The Morgan fingerprint density at radius 2 is 1.79 bits per heavy atom. The highest BCUT2D eigenvalue weighted by atomic mass is 16.5. The smallest absolute Gasteiger partial charge is 0.332 e. The zero-order chi connectivity index (χ0) is 24.1. The summed E-state index contributed by atoms with van der Waals surface area (Å²) in [7, 11) is 4.82. The number of nitrogens with zero attached hydrogens (tertiary/aromatic N) is 5. The lowest BCUT2D eigenvalue weighted by atomic mass is 10.1. The molecule has 3 aromatic heterocycles. The summed E-state index contributed by atoms with van der Waals surface area (Å²) in [5.41, 5.74) is 3.43. The zero-order valence-corrected chi connectivity index (χ0v) is 19.7. The number of methoxy groups -OCH3 is 2. The van der Waals surface area contributed by atoms with Gasteiger partial charge in [0.1, 0.15) is 11.5 Å². The molecule has 0 saturated carbocycles. The molecule has 34 heavy (non-hydrogen) atoms. The normalized spacial score (nSPS) is 11.4. The minimum absolute atomic E-state index is 0.183. The van der Waals surface area contributed by atoms with Gasteiger partial charge in [-0.3, -0.25) is 22.9 Å². The zero-order valence-electron chi connectivity index (χ0n) is 19.7. The summed E-state index contributed by atoms with van der Waals surface area (Å²) in [6.07, 6.45) is 1.84. The molecule has 0 fully saturated rings. The van der Waals surface area contributed by atoms with Gasteiger partial charge in [-0.15, -0.1) is 0 Å². The van der Waals surface area contributed by atoms with E-state index in [1.807, 2.05) is 61.0 Å². The van der Waals surface area contributed by atoms with E-state index in [0.717, 1.165) is 22.5 Å². The summed E-state index contributed by atoms with van der Waals surface area (Å²) >= 11 is 0. The highest BCUT2D eigenvalue weighted by Gasteiger charge is 2.22. The van der Waals surface area contributed by atoms with E-state index in [1.54, 1.807) is 31.7 Å². The van der Waals surface area contributed by atoms with Crippen LogP contribution >= 0.6 is 0 Å². The van der Waals surface area contributed by atoms with Gasteiger partial charge >= 0.3 is 5.69 Å². The van der Waals surface area contributed by atoms with E-state index in [4.69, 9.17) is 14.5 Å². The Balaban J connectivity index is 1.78. The van der Waals surface area contributed by atoms with Gasteiger partial charge in [0.25, 0.3) is 5.56 Å². The summed E-state index contributed by atoms with van der Waals surface area (Å²) < 4.78 is 17.2. The van der Waals surface area contributed by atoms with E-state index in [9.17, 15) is 9.59 Å². The lowest BCUT2D eigenvalue weighted by Gasteiger charge is -2.12. The van der Waals surface area contributed by atoms with Crippen LogP contribution in [0.4, 0.5) is 0 Å². The van der Waals surface area contributed by atoms with Crippen molar-refractivity contribution in [2.24, 2.45) is 7.05 Å². The molecule has 0 amide bonds. The van der Waals surface area contributed by atoms with Crippen LogP contribution < -0.4 is 20.7 Å². The number of aryl methyl sites for hydroxylation is 3. The third-order valence-electron chi connectivity index (χ3n) is 6.08. The Morgan fingerprint density at radius 1 is 1.00 bits per heavy atom. The molecule has 0 bridgehead atoms. The Hall–Kier alpha value is -4.27. The van der Waals surface area contributed by atoms with Crippen molar-refractivity contribution in [1.29, 1.82) is 0 Å². The maximum absolute atomic E-state index is 13.6. The number of hydrogen-bond acceptors (Lipinski definition) is 5. The molecule has 0 radical (unpaired) electrons. The van der Waals surface area contributed by atoms with Gasteiger partial charge < -0.3 is 9.47 Å². The fourth-order valence-corrected chi connectivity index (χ4v) is 4.41. The molecule has 0 saturated heterocycles. The molecule has 2 aromatic carbocycles. The molecular weight excluding hydrogens is 434 g/mol. The van der Waals surface area contributed by atoms with E-state index in [1.165, 1.54) is 9.13 Å². The average molecular weight is 460 g/mol. The molecule has 0 atom stereocenters. The second-order valence-corrected chi connectivity index (χ2v) is 8.32. The van der Waals surface area contributed by atoms with Gasteiger partial charge in [0.15, 0.2) is 11.2 Å². The monoisotopic (exact) mass is 459 g/mol. The number of imidazole rings is 2. The minimum Gasteiger partial charge on any atom is -0.497 e. The lowest BCUT2D eigenvalue weighted by Crippen LogP contribution is -2.39. The van der Waals surface area contributed by atoms with Crippen molar-refractivity contribution in [2.45, 2.75) is 20.4 Å². The number of benzene rings is 2. The van der Waals surface area contributed by atoms with Crippen LogP contribution in [0.25, 0.3) is 22.6 Å². The van der Waals surface area contributed by atoms with Gasteiger partial charge in [0.05, 0.1) is 26.5 Å². The maximum Gasteiger partial charge on any atom is 0.332 e. The van der Waals surface area contributed by atoms with Crippen LogP contribution in [-0.4, -0.2) is 37.3 Å². The van der Waals surface area contributed by atoms with Crippen LogP contribution in [0.1, 0.15) is 16.8 Å². The lowest BCUT2D eigenvalue weighted by molar-refractivity contribution is 0.393. The van der Waals surface area contributed by atoms with Crippen molar-refractivity contribution in [3.8, 4) is 17.2 Å². The Labute approximate surface area is 195 Å². The largest absolute Gasteiger partial charge is 0.497 e. The maximum atomic E-state index is 13.6. The summed E-state index contributed by atoms with van der Waals surface area (Å²) in [5, 5.41) is 0. The first-order valence-corrected chi connectivity index (χ1v) is 10.8. The molecule has 9 heteroatoms. The van der Waals surface area contributed by atoms with Gasteiger partial charge in [-0.2, -0.15) is 4.98 Å². The molecule has 174 valence electrons. The van der Waals surface area contributed by atoms with Crippen molar-refractivity contribution in [2.75, 3.05) is 14.2 Å². The number of rotatable bonds is 5. The quantitative estimate of drug-likeness (QED) is 0.404. The first-order valence-electron chi connectivity index (χ1n) is 10.8. The molecular formula is C25H25N5O4. The van der Waals surface area contributed by atoms with Gasteiger partial charge in [0, 0.05) is 25.0 Å². The number of ether oxygens (including phenoxy) is 2. The van der Waals surface area contributed by atoms with E-state index in [-0.39, 0.29) is 12.1 Å². The van der Waals surface area contributed by atoms with E-state index < -0.39 is 5.69 Å². The summed E-state index contributed by atoms with van der Waals surface area (Å²) in [6, 6.07) is 13.3. The molecule has 0 unspecified atom stereocenters. The van der Waals surface area contributed by atoms with Crippen molar-refractivity contribution < 1.29 is 9.47 Å². The molecule has 0 aliphatic heterocycles. The van der Waals surface area contributed by atoms with E-state index in [2.05, 4.69) is 0 Å². The van der Waals surface area contributed by atoms with Crippen molar-refractivity contribution >= 4 is 16.9 Å². The van der Waals surface area contributed by atoms with Gasteiger partial charge in [-0.05, 0) is 31.5 Å². The van der Waals surface area contributed by atoms with E-state index >= 15 is 0 Å². The first-order chi connectivity index (χ1) is 16.3. The summed E-state index contributed by atoms with van der Waals surface area (Å²) in [6.45, 7) is 4.09. The van der Waals surface area contributed by atoms with Crippen LogP contribution in [0, 0.1) is 13.8 Å². The highest BCUT2D eigenvalue weighted by molar-refractivity contribution is 5.77. The molecule has 3 heterocycles. The Morgan fingerprint density at radius 3 is 2.50 bits per heavy atom. The van der Waals surface area contributed by atoms with Gasteiger partial charge in [-0.1, -0.05) is 29.8 Å². The van der Waals surface area contributed by atoms with Gasteiger partial charge in [-0.25, -0.2) is 4.79 Å². The molecule has 9 nitrogen and oxygen atoms in total. The molecule has 0 N–H and O–H groups in total. The number of hydrogen-bond donors (Lipinski definition) is 0. The molecule has 5 aromatic rings. The summed E-state index contributed by atoms with van der Waals surface area (Å²) in [5.74, 6) is 1.77. The predicted molar refractivity (Wildman–Crippen MR) is 130 cm³/mol. The molecule has 0 aliphatic rings. The van der Waals surface area contributed by atoms with Crippen LogP contribution in [-0.2, 0) is 13.6 Å². The Kier molecular flexibility index (Phi) is 5.04. The summed E-state index contributed by atoms with van der Waals surface area (Å²) in [4.78, 5) is 31.4. The van der Waals surface area contributed by atoms with Gasteiger partial charge in [0.2, 0.25) is 5.78 Å². The molecule has 5 rings (SSSR count). The fourth-order valence-electron chi connectivity index (χ4n) is 4.41. The second-order valence-electron chi connectivity index (χ2n) is 8.32. The fraction of sp³-hybridized carbons (Fsp3) is 0.240. The Bertz CT molecular complexity index is 1690. The van der Waals surface area contributed by atoms with Crippen LogP contribution in [0.2, 0.25) is 0 Å². The van der Waals surface area contributed by atoms with Crippen molar-refractivity contribution in [3.63, 3.8) is 0 Å². The first kappa shape index (κ1) is 21.6. The minimum atomic E-state index is -0.412. The van der Waals surface area contributed by atoms with Crippen LogP contribution in [0.3, 0.4) is 0 Å². The van der Waals surface area contributed by atoms with Crippen LogP contribution in [0.5, 0.6) is 11.5 Å². The number of fused-ring (bicyclic) bond motifs is 3. The standard InChI is InChI=1S/C25H25N5O4/c1-15-7-6-8-17(11-15)14-29-23(31)21-22(27(3)25(29)32)26-24-28(21)13-16(2)30(24)19-10-9-18(33-4)12-20(19)34-5/h6-13H,14H2,1-5H3. The second kappa shape index (κ2) is 7.95. The third kappa shape index (κ3) is 3.20. The van der Waals surface area contributed by atoms with E-state index in [0.29, 0.717) is 28.4 Å². The molecule has 0 spiro atoms.